The van der Waals surface area contributed by atoms with E-state index < -0.39 is 0 Å². The number of hydrogen-bond acceptors (Lipinski definition) is 3. The molecule has 2 unspecified atom stereocenters. The van der Waals surface area contributed by atoms with E-state index >= 15 is 0 Å². The highest BCUT2D eigenvalue weighted by molar-refractivity contribution is 7.07. The normalized spacial score (nSPS) is 18.1. The Morgan fingerprint density at radius 1 is 0.794 bits per heavy atom. The second kappa shape index (κ2) is 21.8. The van der Waals surface area contributed by atoms with E-state index in [2.05, 4.69) is 28.6 Å². The van der Waals surface area contributed by atoms with E-state index in [0.29, 0.717) is 6.10 Å². The summed E-state index contributed by atoms with van der Waals surface area (Å²) in [5, 5.41) is 2.14. The molecule has 0 spiro atoms. The number of aromatic nitrogens is 1. The summed E-state index contributed by atoms with van der Waals surface area (Å²) in [4.78, 5) is 0. The smallest absolute Gasteiger partial charge is 0.224 e. The Bertz CT molecular complexity index is 536. The van der Waals surface area contributed by atoms with Gasteiger partial charge in [-0.25, -0.2) is 0 Å². The van der Waals surface area contributed by atoms with E-state index in [0.717, 1.165) is 32.3 Å². The molecule has 4 heteroatoms. The van der Waals surface area contributed by atoms with Gasteiger partial charge >= 0.3 is 0 Å². The molecule has 1 fully saturated rings. The number of nitrogens with zero attached hydrogens (tertiary/aromatic N) is 1. The molecule has 1 aliphatic heterocycles. The fraction of sp³-hybridized carbons (Fsp3) is 0.900. The maximum atomic E-state index is 5.99. The van der Waals surface area contributed by atoms with Gasteiger partial charge in [-0.15, -0.1) is 0 Å². The van der Waals surface area contributed by atoms with Crippen LogP contribution in [-0.2, 0) is 16.0 Å². The highest BCUT2D eigenvalue weighted by Gasteiger charge is 2.24. The van der Waals surface area contributed by atoms with Crippen molar-refractivity contribution in [3.63, 3.8) is 0 Å². The van der Waals surface area contributed by atoms with Crippen molar-refractivity contribution in [3.05, 3.63) is 17.1 Å². The molecule has 2 atom stereocenters. The number of unbranched alkanes of at least 4 members (excludes halogenated alkanes) is 16. The average molecular weight is 495 g/mol. The van der Waals surface area contributed by atoms with Crippen LogP contribution in [0.5, 0.6) is 0 Å². The van der Waals surface area contributed by atoms with Gasteiger partial charge < -0.3 is 9.47 Å². The van der Waals surface area contributed by atoms with Crippen LogP contribution >= 0.6 is 11.3 Å². The van der Waals surface area contributed by atoms with Gasteiger partial charge in [-0.05, 0) is 31.6 Å². The van der Waals surface area contributed by atoms with Gasteiger partial charge in [0.2, 0.25) is 5.51 Å². The number of aryl methyl sites for hydroxylation is 1. The molecule has 198 valence electrons. The van der Waals surface area contributed by atoms with E-state index in [4.69, 9.17) is 9.47 Å². The molecule has 1 saturated heterocycles. The monoisotopic (exact) mass is 494 g/mol. The van der Waals surface area contributed by atoms with Gasteiger partial charge in [0.1, 0.15) is 6.54 Å². The van der Waals surface area contributed by atoms with Crippen LogP contribution < -0.4 is 4.57 Å². The van der Waals surface area contributed by atoms with Crippen molar-refractivity contribution in [2.45, 2.75) is 148 Å². The van der Waals surface area contributed by atoms with Crippen molar-refractivity contribution in [1.82, 2.24) is 0 Å². The van der Waals surface area contributed by atoms with E-state index in [-0.39, 0.29) is 0 Å². The summed E-state index contributed by atoms with van der Waals surface area (Å²) in [7, 11) is 0. The molecule has 3 nitrogen and oxygen atoms in total. The van der Waals surface area contributed by atoms with Crippen LogP contribution in [0.15, 0.2) is 17.1 Å². The second-order valence-corrected chi connectivity index (χ2v) is 11.5. The first-order valence-corrected chi connectivity index (χ1v) is 15.9. The lowest BCUT2D eigenvalue weighted by Gasteiger charge is -2.10. The Labute approximate surface area is 216 Å². The maximum Gasteiger partial charge on any atom is 0.224 e. The van der Waals surface area contributed by atoms with E-state index in [1.165, 1.54) is 128 Å². The van der Waals surface area contributed by atoms with Crippen molar-refractivity contribution in [3.8, 4) is 0 Å². The average Bonchev–Trinajstić information content (AvgIpc) is 3.53. The van der Waals surface area contributed by atoms with Crippen molar-refractivity contribution in [1.29, 1.82) is 0 Å². The molecule has 2 heterocycles. The van der Waals surface area contributed by atoms with E-state index in [9.17, 15) is 0 Å². The fourth-order valence-electron chi connectivity index (χ4n) is 5.18. The Hall–Kier alpha value is -0.450. The minimum atomic E-state index is 0.353. The second-order valence-electron chi connectivity index (χ2n) is 10.7. The summed E-state index contributed by atoms with van der Waals surface area (Å²) in [5.74, 6) is 0.778. The number of ether oxygens (including phenoxy) is 2. The summed E-state index contributed by atoms with van der Waals surface area (Å²) in [6, 6.07) is 0. The van der Waals surface area contributed by atoms with Gasteiger partial charge in [0.25, 0.3) is 0 Å². The quantitative estimate of drug-likeness (QED) is 0.106. The first-order chi connectivity index (χ1) is 16.9. The molecule has 0 saturated carbocycles. The fourth-order valence-corrected chi connectivity index (χ4v) is 5.81. The zero-order chi connectivity index (χ0) is 23.9. The number of thiazole rings is 1. The van der Waals surface area contributed by atoms with Crippen LogP contribution in [0.25, 0.3) is 0 Å². The van der Waals surface area contributed by atoms with E-state index in [1.807, 2.05) is 0 Å². The topological polar surface area (TPSA) is 22.3 Å². The summed E-state index contributed by atoms with van der Waals surface area (Å²) in [6.45, 7) is 6.12. The summed E-state index contributed by atoms with van der Waals surface area (Å²) >= 11 is 1.77. The summed E-state index contributed by atoms with van der Waals surface area (Å²) < 4.78 is 14.2. The van der Waals surface area contributed by atoms with Crippen molar-refractivity contribution < 1.29 is 14.0 Å². The zero-order valence-electron chi connectivity index (χ0n) is 22.5. The third kappa shape index (κ3) is 16.3. The molecular formula is C30H56NO2S+. The van der Waals surface area contributed by atoms with Crippen LogP contribution in [-0.4, -0.2) is 25.9 Å². The first-order valence-electron chi connectivity index (χ1n) is 15.0. The lowest BCUT2D eigenvalue weighted by Crippen LogP contribution is -2.29. The lowest BCUT2D eigenvalue weighted by atomic mass is 9.97. The van der Waals surface area contributed by atoms with Gasteiger partial charge in [0.05, 0.1) is 18.1 Å². The number of rotatable bonds is 24. The number of hydrogen-bond donors (Lipinski definition) is 0. The van der Waals surface area contributed by atoms with Crippen molar-refractivity contribution in [2.24, 2.45) is 5.92 Å². The Morgan fingerprint density at radius 3 is 2.06 bits per heavy atom. The molecule has 0 aromatic carbocycles. The molecule has 2 rings (SSSR count). The van der Waals surface area contributed by atoms with Gasteiger partial charge in [-0.3, -0.25) is 0 Å². The SMILES string of the molecule is CCCCCCCCCCCCCCCCC1COC(COCCCCCC[n+]2ccsc2)C1. The van der Waals surface area contributed by atoms with Crippen LogP contribution in [0.4, 0.5) is 0 Å². The molecule has 34 heavy (non-hydrogen) atoms. The van der Waals surface area contributed by atoms with Gasteiger partial charge in [-0.1, -0.05) is 115 Å². The van der Waals surface area contributed by atoms with Crippen LogP contribution in [0.3, 0.4) is 0 Å². The lowest BCUT2D eigenvalue weighted by molar-refractivity contribution is -0.692. The Kier molecular flexibility index (Phi) is 19.1. The predicted molar refractivity (Wildman–Crippen MR) is 147 cm³/mol. The molecule has 0 amide bonds. The minimum absolute atomic E-state index is 0.353. The van der Waals surface area contributed by atoms with Gasteiger partial charge in [0.15, 0.2) is 6.20 Å². The summed E-state index contributed by atoms with van der Waals surface area (Å²) in [6.07, 6.45) is 30.3. The predicted octanol–water partition coefficient (Wildman–Crippen LogP) is 8.89. The zero-order valence-corrected chi connectivity index (χ0v) is 23.3. The molecule has 1 aliphatic rings. The Morgan fingerprint density at radius 2 is 1.41 bits per heavy atom. The van der Waals surface area contributed by atoms with Crippen molar-refractivity contribution in [2.75, 3.05) is 19.8 Å². The molecule has 0 N–H and O–H groups in total. The molecule has 0 radical (unpaired) electrons. The molecule has 1 aromatic rings. The standard InChI is InChI=1S/C30H56NO2S/c1-2-3-4-5-6-7-8-9-10-11-12-13-14-17-20-29-25-30(33-26-29)27-32-23-19-16-15-18-21-31-22-24-34-28-31/h22,24,28-30H,2-21,23,25-27H2,1H3/q+1. The first kappa shape index (κ1) is 29.8. The highest BCUT2D eigenvalue weighted by Crippen LogP contribution is 2.25. The van der Waals surface area contributed by atoms with Crippen LogP contribution in [0.1, 0.15) is 135 Å². The minimum Gasteiger partial charge on any atom is -0.379 e. The van der Waals surface area contributed by atoms with E-state index in [1.54, 1.807) is 11.3 Å². The summed E-state index contributed by atoms with van der Waals surface area (Å²) in [5.41, 5.74) is 2.19. The van der Waals surface area contributed by atoms with Crippen LogP contribution in [0.2, 0.25) is 0 Å². The molecule has 0 bridgehead atoms. The molecule has 1 aromatic heterocycles. The van der Waals surface area contributed by atoms with Crippen LogP contribution in [0, 0.1) is 5.92 Å². The largest absolute Gasteiger partial charge is 0.379 e. The third-order valence-electron chi connectivity index (χ3n) is 7.42. The van der Waals surface area contributed by atoms with Crippen molar-refractivity contribution >= 4 is 11.3 Å². The Balaban J connectivity index is 1.26. The van der Waals surface area contributed by atoms with Gasteiger partial charge in [0, 0.05) is 19.6 Å². The molecular weight excluding hydrogens is 438 g/mol. The molecule has 0 aliphatic carbocycles. The van der Waals surface area contributed by atoms with Gasteiger partial charge in [-0.2, -0.15) is 4.57 Å². The highest BCUT2D eigenvalue weighted by atomic mass is 32.1. The maximum absolute atomic E-state index is 5.99. The third-order valence-corrected chi connectivity index (χ3v) is 8.09.